The lowest BCUT2D eigenvalue weighted by atomic mass is 10.1. The van der Waals surface area contributed by atoms with Gasteiger partial charge >= 0.3 is 0 Å². The molecule has 2 heteroatoms. The number of hydrogen-bond donors (Lipinski definition) is 1. The predicted octanol–water partition coefficient (Wildman–Crippen LogP) is 2.55. The highest BCUT2D eigenvalue weighted by Crippen LogP contribution is 2.12. The van der Waals surface area contributed by atoms with E-state index in [9.17, 15) is 0 Å². The molecule has 1 N–H and O–H groups in total. The van der Waals surface area contributed by atoms with E-state index in [1.54, 1.807) is 0 Å². The van der Waals surface area contributed by atoms with Gasteiger partial charge in [-0.15, -0.1) is 0 Å². The molecule has 0 aromatic heterocycles. The van der Waals surface area contributed by atoms with Gasteiger partial charge in [-0.2, -0.15) is 0 Å². The first kappa shape index (κ1) is 10.7. The fourth-order valence-electron chi connectivity index (χ4n) is 1.77. The minimum atomic E-state index is 0.354. The molecule has 0 amide bonds. The molecule has 13 heavy (non-hydrogen) atoms. The summed E-state index contributed by atoms with van der Waals surface area (Å²) >= 11 is 0. The van der Waals surface area contributed by atoms with Crippen molar-refractivity contribution in [2.45, 2.75) is 51.4 Å². The van der Waals surface area contributed by atoms with Gasteiger partial charge in [0.15, 0.2) is 0 Å². The van der Waals surface area contributed by atoms with Crippen molar-refractivity contribution in [3.63, 3.8) is 0 Å². The van der Waals surface area contributed by atoms with Crippen molar-refractivity contribution in [1.29, 1.82) is 0 Å². The van der Waals surface area contributed by atoms with Crippen LogP contribution in [-0.4, -0.2) is 24.0 Å². The van der Waals surface area contributed by atoms with E-state index < -0.39 is 0 Å². The standard InChI is InChI=1S/C11H21NO/c13-10-5-3-1-2-4-7-11-8-6-9-12-11/h13H,1-10H2. The summed E-state index contributed by atoms with van der Waals surface area (Å²) in [4.78, 5) is 4.45. The summed E-state index contributed by atoms with van der Waals surface area (Å²) < 4.78 is 0. The van der Waals surface area contributed by atoms with Crippen LogP contribution in [-0.2, 0) is 0 Å². The highest BCUT2D eigenvalue weighted by molar-refractivity contribution is 5.85. The summed E-state index contributed by atoms with van der Waals surface area (Å²) in [6.07, 6.45) is 9.77. The van der Waals surface area contributed by atoms with Crippen molar-refractivity contribution in [2.75, 3.05) is 13.2 Å². The third-order valence-electron chi connectivity index (χ3n) is 2.58. The maximum Gasteiger partial charge on any atom is 0.0431 e. The van der Waals surface area contributed by atoms with Gasteiger partial charge in [0, 0.05) is 18.9 Å². The van der Waals surface area contributed by atoms with Gasteiger partial charge in [0.1, 0.15) is 0 Å². The molecule has 0 spiro atoms. The number of nitrogens with zero attached hydrogens (tertiary/aromatic N) is 1. The number of aliphatic imine (C=N–C) groups is 1. The van der Waals surface area contributed by atoms with Crippen LogP contribution in [0.4, 0.5) is 0 Å². The average Bonchev–Trinajstić information content (AvgIpc) is 2.63. The van der Waals surface area contributed by atoms with Gasteiger partial charge in [0.05, 0.1) is 0 Å². The van der Waals surface area contributed by atoms with Crippen LogP contribution in [0.3, 0.4) is 0 Å². The van der Waals surface area contributed by atoms with E-state index in [0.717, 1.165) is 13.0 Å². The van der Waals surface area contributed by atoms with Crippen LogP contribution < -0.4 is 0 Å². The van der Waals surface area contributed by atoms with E-state index in [4.69, 9.17) is 5.11 Å². The Bertz CT molecular complexity index is 154. The Labute approximate surface area is 81.1 Å². The van der Waals surface area contributed by atoms with Gasteiger partial charge in [-0.05, 0) is 32.1 Å². The molecule has 1 rings (SSSR count). The quantitative estimate of drug-likeness (QED) is 0.604. The van der Waals surface area contributed by atoms with E-state index in [0.29, 0.717) is 6.61 Å². The van der Waals surface area contributed by atoms with Gasteiger partial charge in [-0.1, -0.05) is 19.3 Å². The first-order valence-electron chi connectivity index (χ1n) is 5.56. The van der Waals surface area contributed by atoms with Crippen LogP contribution >= 0.6 is 0 Å². The molecule has 0 fully saturated rings. The Morgan fingerprint density at radius 3 is 2.54 bits per heavy atom. The van der Waals surface area contributed by atoms with Crippen molar-refractivity contribution < 1.29 is 5.11 Å². The maximum absolute atomic E-state index is 8.58. The number of hydrogen-bond acceptors (Lipinski definition) is 2. The summed E-state index contributed by atoms with van der Waals surface area (Å²) in [6, 6.07) is 0. The molecular formula is C11H21NO. The molecule has 0 bridgehead atoms. The number of aliphatic hydroxyl groups excluding tert-OH is 1. The molecule has 0 saturated carbocycles. The fourth-order valence-corrected chi connectivity index (χ4v) is 1.77. The SMILES string of the molecule is OCCCCCCCC1=NCCC1. The monoisotopic (exact) mass is 183 g/mol. The molecule has 0 unspecified atom stereocenters. The molecule has 0 radical (unpaired) electrons. The summed E-state index contributed by atoms with van der Waals surface area (Å²) in [6.45, 7) is 1.42. The number of unbranched alkanes of at least 4 members (excludes halogenated alkanes) is 4. The molecule has 2 nitrogen and oxygen atoms in total. The number of aliphatic hydroxyl groups is 1. The molecule has 0 atom stereocenters. The van der Waals surface area contributed by atoms with Crippen molar-refractivity contribution >= 4 is 5.71 Å². The zero-order chi connectivity index (χ0) is 9.36. The summed E-state index contributed by atoms with van der Waals surface area (Å²) in [5.74, 6) is 0. The van der Waals surface area contributed by atoms with E-state index in [2.05, 4.69) is 4.99 Å². The average molecular weight is 183 g/mol. The van der Waals surface area contributed by atoms with E-state index in [-0.39, 0.29) is 0 Å². The highest BCUT2D eigenvalue weighted by atomic mass is 16.2. The van der Waals surface area contributed by atoms with Crippen molar-refractivity contribution in [1.82, 2.24) is 0 Å². The normalized spacial score (nSPS) is 16.2. The van der Waals surface area contributed by atoms with Crippen LogP contribution in [0.2, 0.25) is 0 Å². The first-order chi connectivity index (χ1) is 6.43. The largest absolute Gasteiger partial charge is 0.396 e. The molecule has 1 heterocycles. The smallest absolute Gasteiger partial charge is 0.0431 e. The molecule has 1 aliphatic heterocycles. The Balaban J connectivity index is 1.83. The highest BCUT2D eigenvalue weighted by Gasteiger charge is 2.04. The number of rotatable bonds is 7. The molecular weight excluding hydrogens is 162 g/mol. The molecule has 0 aliphatic carbocycles. The Morgan fingerprint density at radius 2 is 1.85 bits per heavy atom. The third kappa shape index (κ3) is 5.04. The second kappa shape index (κ2) is 7.07. The second-order valence-corrected chi connectivity index (χ2v) is 3.79. The van der Waals surface area contributed by atoms with E-state index in [1.807, 2.05) is 0 Å². The Kier molecular flexibility index (Phi) is 5.83. The van der Waals surface area contributed by atoms with Crippen LogP contribution in [0, 0.1) is 0 Å². The van der Waals surface area contributed by atoms with Crippen molar-refractivity contribution in [3.05, 3.63) is 0 Å². The van der Waals surface area contributed by atoms with Crippen LogP contribution in [0.25, 0.3) is 0 Å². The van der Waals surface area contributed by atoms with Crippen LogP contribution in [0.5, 0.6) is 0 Å². The van der Waals surface area contributed by atoms with Crippen LogP contribution in [0.1, 0.15) is 51.4 Å². The van der Waals surface area contributed by atoms with E-state index in [1.165, 1.54) is 50.7 Å². The summed E-state index contributed by atoms with van der Waals surface area (Å²) in [5.41, 5.74) is 1.45. The molecule has 0 aromatic rings. The van der Waals surface area contributed by atoms with E-state index >= 15 is 0 Å². The van der Waals surface area contributed by atoms with Gasteiger partial charge < -0.3 is 5.11 Å². The van der Waals surface area contributed by atoms with Gasteiger partial charge in [0.2, 0.25) is 0 Å². The summed E-state index contributed by atoms with van der Waals surface area (Å²) in [7, 11) is 0. The molecule has 1 aliphatic rings. The lowest BCUT2D eigenvalue weighted by Gasteiger charge is -2.00. The topological polar surface area (TPSA) is 32.6 Å². The van der Waals surface area contributed by atoms with Gasteiger partial charge in [0.25, 0.3) is 0 Å². The summed E-state index contributed by atoms with van der Waals surface area (Å²) in [5, 5.41) is 8.58. The minimum Gasteiger partial charge on any atom is -0.396 e. The van der Waals surface area contributed by atoms with Gasteiger partial charge in [-0.3, -0.25) is 4.99 Å². The maximum atomic E-state index is 8.58. The van der Waals surface area contributed by atoms with Crippen molar-refractivity contribution in [2.24, 2.45) is 4.99 Å². The van der Waals surface area contributed by atoms with Crippen LogP contribution in [0.15, 0.2) is 4.99 Å². The Morgan fingerprint density at radius 1 is 1.08 bits per heavy atom. The molecule has 76 valence electrons. The second-order valence-electron chi connectivity index (χ2n) is 3.79. The third-order valence-corrected chi connectivity index (χ3v) is 2.58. The first-order valence-corrected chi connectivity index (χ1v) is 5.56. The zero-order valence-corrected chi connectivity index (χ0v) is 8.47. The molecule has 0 aromatic carbocycles. The minimum absolute atomic E-state index is 0.354. The van der Waals surface area contributed by atoms with Gasteiger partial charge in [-0.25, -0.2) is 0 Å². The Hall–Kier alpha value is -0.370. The predicted molar refractivity (Wildman–Crippen MR) is 56.3 cm³/mol. The van der Waals surface area contributed by atoms with Crippen molar-refractivity contribution in [3.8, 4) is 0 Å². The lowest BCUT2D eigenvalue weighted by molar-refractivity contribution is 0.282. The lowest BCUT2D eigenvalue weighted by Crippen LogP contribution is -1.92. The zero-order valence-electron chi connectivity index (χ0n) is 8.47. The fraction of sp³-hybridized carbons (Fsp3) is 0.909. The molecule has 0 saturated heterocycles.